The molecule has 0 bridgehead atoms. The lowest BCUT2D eigenvalue weighted by molar-refractivity contribution is 0.356. The average Bonchev–Trinajstić information content (AvgIpc) is 2.95. The quantitative estimate of drug-likeness (QED) is 0.931. The van der Waals surface area contributed by atoms with E-state index in [4.69, 9.17) is 4.74 Å². The van der Waals surface area contributed by atoms with Gasteiger partial charge in [-0.3, -0.25) is 4.72 Å². The van der Waals surface area contributed by atoms with Crippen LogP contribution in [0.3, 0.4) is 0 Å². The summed E-state index contributed by atoms with van der Waals surface area (Å²) in [5.74, 6) is 1.43. The van der Waals surface area contributed by atoms with Crippen LogP contribution in [-0.4, -0.2) is 25.0 Å². The van der Waals surface area contributed by atoms with Crippen LogP contribution in [0, 0.1) is 0 Å². The van der Waals surface area contributed by atoms with Crippen molar-refractivity contribution in [3.05, 3.63) is 42.0 Å². The number of ether oxygens (including phenoxy) is 1. The van der Waals surface area contributed by atoms with E-state index in [-0.39, 0.29) is 4.90 Å². The fourth-order valence-corrected chi connectivity index (χ4v) is 3.21. The number of hydrogen-bond acceptors (Lipinski definition) is 5. The van der Waals surface area contributed by atoms with Gasteiger partial charge in [-0.15, -0.1) is 0 Å². The number of nitrogens with one attached hydrogen (secondary N) is 1. The normalized spacial score (nSPS) is 13.6. The fraction of sp³-hybridized carbons (Fsp3) is 0.286. The molecule has 0 saturated heterocycles. The topological polar surface area (TPSA) is 81.2 Å². The fourth-order valence-electron chi connectivity index (χ4n) is 2.13. The number of rotatable bonds is 4. The van der Waals surface area contributed by atoms with Gasteiger partial charge in [-0.1, -0.05) is 6.92 Å². The molecule has 0 saturated carbocycles. The molecule has 1 aromatic heterocycles. The van der Waals surface area contributed by atoms with Crippen molar-refractivity contribution in [1.82, 2.24) is 9.97 Å². The highest BCUT2D eigenvalue weighted by Crippen LogP contribution is 2.28. The highest BCUT2D eigenvalue weighted by molar-refractivity contribution is 7.92. The largest absolute Gasteiger partial charge is 0.493 e. The Hall–Kier alpha value is -2.15. The minimum atomic E-state index is -3.64. The van der Waals surface area contributed by atoms with Gasteiger partial charge in [0.2, 0.25) is 0 Å². The molecule has 0 unspecified atom stereocenters. The minimum Gasteiger partial charge on any atom is -0.493 e. The van der Waals surface area contributed by atoms with Crippen molar-refractivity contribution >= 4 is 15.7 Å². The van der Waals surface area contributed by atoms with E-state index in [0.29, 0.717) is 24.5 Å². The van der Waals surface area contributed by atoms with Gasteiger partial charge in [-0.25, -0.2) is 18.4 Å². The molecule has 0 aliphatic carbocycles. The molecule has 1 N–H and O–H groups in total. The number of nitrogens with zero attached hydrogens (tertiary/aromatic N) is 2. The molecule has 0 amide bonds. The molecule has 7 heteroatoms. The van der Waals surface area contributed by atoms with Crippen molar-refractivity contribution in [2.45, 2.75) is 24.7 Å². The van der Waals surface area contributed by atoms with Gasteiger partial charge in [-0.2, -0.15) is 0 Å². The molecular formula is C14H15N3O3S. The van der Waals surface area contributed by atoms with E-state index in [2.05, 4.69) is 14.7 Å². The monoisotopic (exact) mass is 305 g/mol. The zero-order valence-corrected chi connectivity index (χ0v) is 12.4. The Morgan fingerprint density at radius 3 is 2.76 bits per heavy atom. The van der Waals surface area contributed by atoms with Crippen LogP contribution in [0.25, 0.3) is 0 Å². The molecule has 1 aliphatic rings. The maximum atomic E-state index is 12.3. The van der Waals surface area contributed by atoms with Gasteiger partial charge >= 0.3 is 0 Å². The average molecular weight is 305 g/mol. The Morgan fingerprint density at radius 2 is 2.05 bits per heavy atom. The summed E-state index contributed by atoms with van der Waals surface area (Å²) < 4.78 is 32.6. The van der Waals surface area contributed by atoms with E-state index in [1.165, 1.54) is 18.5 Å². The lowest BCUT2D eigenvalue weighted by Crippen LogP contribution is -2.13. The lowest BCUT2D eigenvalue weighted by atomic mass is 10.2. The highest BCUT2D eigenvalue weighted by atomic mass is 32.2. The number of anilines is 1. The lowest BCUT2D eigenvalue weighted by Gasteiger charge is -2.09. The molecule has 1 aromatic carbocycles. The first-order chi connectivity index (χ1) is 10.1. The molecule has 1 aliphatic heterocycles. The highest BCUT2D eigenvalue weighted by Gasteiger charge is 2.19. The van der Waals surface area contributed by atoms with Crippen molar-refractivity contribution in [3.63, 3.8) is 0 Å². The number of fused-ring (bicyclic) bond motifs is 1. The Kier molecular flexibility index (Phi) is 3.50. The van der Waals surface area contributed by atoms with Gasteiger partial charge < -0.3 is 4.74 Å². The van der Waals surface area contributed by atoms with Crippen molar-refractivity contribution in [3.8, 4) is 5.75 Å². The van der Waals surface area contributed by atoms with Gasteiger partial charge in [-0.05, 0) is 23.8 Å². The SMILES string of the molecule is CCc1ncc(NS(=O)(=O)c2ccc3c(c2)CCO3)cn1. The Bertz CT molecular complexity index is 758. The summed E-state index contributed by atoms with van der Waals surface area (Å²) in [6.45, 7) is 2.53. The van der Waals surface area contributed by atoms with Gasteiger partial charge in [0.15, 0.2) is 0 Å². The van der Waals surface area contributed by atoms with Crippen LogP contribution in [0.5, 0.6) is 5.75 Å². The second-order valence-electron chi connectivity index (χ2n) is 4.72. The first kappa shape index (κ1) is 13.8. The van der Waals surface area contributed by atoms with E-state index in [0.717, 1.165) is 17.7 Å². The summed E-state index contributed by atoms with van der Waals surface area (Å²) in [6.07, 6.45) is 4.38. The number of aryl methyl sites for hydroxylation is 1. The van der Waals surface area contributed by atoms with Crippen molar-refractivity contribution in [1.29, 1.82) is 0 Å². The summed E-state index contributed by atoms with van der Waals surface area (Å²) in [7, 11) is -3.64. The molecule has 0 radical (unpaired) electrons. The summed E-state index contributed by atoms with van der Waals surface area (Å²) in [5.41, 5.74) is 1.26. The molecular weight excluding hydrogens is 290 g/mol. The second-order valence-corrected chi connectivity index (χ2v) is 6.40. The third-order valence-electron chi connectivity index (χ3n) is 3.24. The summed E-state index contributed by atoms with van der Waals surface area (Å²) in [4.78, 5) is 8.36. The van der Waals surface area contributed by atoms with Crippen molar-refractivity contribution in [2.24, 2.45) is 0 Å². The van der Waals surface area contributed by atoms with Crippen LogP contribution in [0.1, 0.15) is 18.3 Å². The van der Waals surface area contributed by atoms with Gasteiger partial charge in [0.1, 0.15) is 11.6 Å². The zero-order chi connectivity index (χ0) is 14.9. The summed E-state index contributed by atoms with van der Waals surface area (Å²) in [5, 5.41) is 0. The van der Waals surface area contributed by atoms with Gasteiger partial charge in [0.25, 0.3) is 10.0 Å². The molecule has 0 fully saturated rings. The minimum absolute atomic E-state index is 0.214. The molecule has 0 spiro atoms. The molecule has 6 nitrogen and oxygen atoms in total. The van der Waals surface area contributed by atoms with E-state index < -0.39 is 10.0 Å². The van der Waals surface area contributed by atoms with Crippen molar-refractivity contribution in [2.75, 3.05) is 11.3 Å². The maximum absolute atomic E-state index is 12.3. The number of sulfonamides is 1. The Labute approximate surface area is 123 Å². The zero-order valence-electron chi connectivity index (χ0n) is 11.5. The van der Waals surface area contributed by atoms with E-state index >= 15 is 0 Å². The van der Waals surface area contributed by atoms with Crippen LogP contribution in [0.2, 0.25) is 0 Å². The number of benzene rings is 1. The first-order valence-corrected chi connectivity index (χ1v) is 8.16. The maximum Gasteiger partial charge on any atom is 0.262 e. The predicted octanol–water partition coefficient (Wildman–Crippen LogP) is 1.77. The second kappa shape index (κ2) is 5.33. The summed E-state index contributed by atoms with van der Waals surface area (Å²) in [6, 6.07) is 4.87. The van der Waals surface area contributed by atoms with Crippen molar-refractivity contribution < 1.29 is 13.2 Å². The van der Waals surface area contributed by atoms with Gasteiger partial charge in [0.05, 0.1) is 29.6 Å². The standard InChI is InChI=1S/C14H15N3O3S/c1-2-14-15-8-11(9-16-14)17-21(18,19)12-3-4-13-10(7-12)5-6-20-13/h3-4,7-9,17H,2,5-6H2,1H3. The van der Waals surface area contributed by atoms with E-state index in [1.54, 1.807) is 12.1 Å². The molecule has 2 heterocycles. The third kappa shape index (κ3) is 2.82. The Balaban J connectivity index is 1.86. The van der Waals surface area contributed by atoms with Crippen LogP contribution in [0.4, 0.5) is 5.69 Å². The summed E-state index contributed by atoms with van der Waals surface area (Å²) >= 11 is 0. The smallest absolute Gasteiger partial charge is 0.262 e. The van der Waals surface area contributed by atoms with Crippen LogP contribution >= 0.6 is 0 Å². The molecule has 3 rings (SSSR count). The predicted molar refractivity (Wildman–Crippen MR) is 77.9 cm³/mol. The first-order valence-electron chi connectivity index (χ1n) is 6.68. The van der Waals surface area contributed by atoms with E-state index in [9.17, 15) is 8.42 Å². The Morgan fingerprint density at radius 1 is 1.29 bits per heavy atom. The number of hydrogen-bond donors (Lipinski definition) is 1. The van der Waals surface area contributed by atoms with Crippen LogP contribution < -0.4 is 9.46 Å². The number of aromatic nitrogens is 2. The molecule has 110 valence electrons. The molecule has 2 aromatic rings. The van der Waals surface area contributed by atoms with Crippen LogP contribution in [-0.2, 0) is 22.9 Å². The third-order valence-corrected chi connectivity index (χ3v) is 4.62. The molecule has 21 heavy (non-hydrogen) atoms. The van der Waals surface area contributed by atoms with E-state index in [1.807, 2.05) is 6.92 Å². The van der Waals surface area contributed by atoms with Gasteiger partial charge in [0, 0.05) is 12.8 Å². The van der Waals surface area contributed by atoms with Crippen LogP contribution in [0.15, 0.2) is 35.5 Å². The molecule has 0 atom stereocenters.